The molecule has 0 unspecified atom stereocenters. The summed E-state index contributed by atoms with van der Waals surface area (Å²) in [5.74, 6) is 0. The van der Waals surface area contributed by atoms with Crippen LogP contribution in [0.3, 0.4) is 0 Å². The molecule has 0 saturated carbocycles. The summed E-state index contributed by atoms with van der Waals surface area (Å²) in [7, 11) is 1.76. The van der Waals surface area contributed by atoms with Gasteiger partial charge in [0.25, 0.3) is 5.56 Å². The third-order valence-electron chi connectivity index (χ3n) is 2.08. The molecule has 0 aliphatic rings. The van der Waals surface area contributed by atoms with Crippen LogP contribution in [0.15, 0.2) is 27.9 Å². The molecule has 0 radical (unpaired) electrons. The number of H-pyrrole nitrogens is 1. The summed E-state index contributed by atoms with van der Waals surface area (Å²) in [6.07, 6.45) is 1.74. The lowest BCUT2D eigenvalue weighted by Gasteiger charge is -2.01. The molecule has 0 aliphatic heterocycles. The largest absolute Gasteiger partial charge is 0.329 e. The van der Waals surface area contributed by atoms with Crippen molar-refractivity contribution in [2.45, 2.75) is 6.54 Å². The maximum absolute atomic E-state index is 11.5. The van der Waals surface area contributed by atoms with E-state index in [1.807, 2.05) is 0 Å². The smallest absolute Gasteiger partial charge is 0.298 e. The second-order valence-electron chi connectivity index (χ2n) is 3.33. The van der Waals surface area contributed by atoms with E-state index in [4.69, 9.17) is 11.6 Å². The molecule has 16 heavy (non-hydrogen) atoms. The molecule has 0 aliphatic carbocycles. The zero-order chi connectivity index (χ0) is 11.7. The number of aryl methyl sites for hydroxylation is 1. The Hall–Kier alpha value is -1.82. The van der Waals surface area contributed by atoms with Crippen LogP contribution in [0.25, 0.3) is 0 Å². The SMILES string of the molecule is Cn1ccc(Cn2c(=O)cc(Cl)[nH]c2=O)n1. The molecule has 1 N–H and O–H groups in total. The first-order valence-electron chi connectivity index (χ1n) is 4.54. The second kappa shape index (κ2) is 3.97. The number of aromatic amines is 1. The van der Waals surface area contributed by atoms with E-state index < -0.39 is 11.2 Å². The average Bonchev–Trinajstić information content (AvgIpc) is 2.58. The van der Waals surface area contributed by atoms with Gasteiger partial charge in [-0.05, 0) is 6.07 Å². The minimum absolute atomic E-state index is 0.0345. The Morgan fingerprint density at radius 2 is 2.25 bits per heavy atom. The Kier molecular flexibility index (Phi) is 2.66. The molecule has 0 fully saturated rings. The Balaban J connectivity index is 2.43. The van der Waals surface area contributed by atoms with Gasteiger partial charge in [-0.25, -0.2) is 4.79 Å². The first-order valence-corrected chi connectivity index (χ1v) is 4.92. The zero-order valence-electron chi connectivity index (χ0n) is 8.48. The van der Waals surface area contributed by atoms with Crippen molar-refractivity contribution in [1.82, 2.24) is 19.3 Å². The van der Waals surface area contributed by atoms with E-state index in [2.05, 4.69) is 10.1 Å². The number of nitrogens with zero attached hydrogens (tertiary/aromatic N) is 3. The van der Waals surface area contributed by atoms with Crippen LogP contribution in [0.5, 0.6) is 0 Å². The van der Waals surface area contributed by atoms with Gasteiger partial charge in [-0.15, -0.1) is 0 Å². The third kappa shape index (κ3) is 2.06. The van der Waals surface area contributed by atoms with E-state index >= 15 is 0 Å². The van der Waals surface area contributed by atoms with Crippen molar-refractivity contribution in [3.63, 3.8) is 0 Å². The molecule has 2 rings (SSSR count). The van der Waals surface area contributed by atoms with Crippen LogP contribution >= 0.6 is 11.6 Å². The summed E-state index contributed by atoms with van der Waals surface area (Å²) in [5.41, 5.74) is -0.347. The maximum Gasteiger partial charge on any atom is 0.329 e. The van der Waals surface area contributed by atoms with Gasteiger partial charge in [0.15, 0.2) is 0 Å². The quantitative estimate of drug-likeness (QED) is 0.750. The molecule has 2 heterocycles. The van der Waals surface area contributed by atoms with Gasteiger partial charge >= 0.3 is 5.69 Å². The number of aromatic nitrogens is 4. The zero-order valence-corrected chi connectivity index (χ0v) is 9.23. The third-order valence-corrected chi connectivity index (χ3v) is 2.28. The van der Waals surface area contributed by atoms with Crippen LogP contribution < -0.4 is 11.2 Å². The van der Waals surface area contributed by atoms with Crippen LogP contribution in [-0.4, -0.2) is 19.3 Å². The molecular weight excluding hydrogens is 232 g/mol. The summed E-state index contributed by atoms with van der Waals surface area (Å²) in [6, 6.07) is 2.90. The van der Waals surface area contributed by atoms with Gasteiger partial charge in [0.1, 0.15) is 5.15 Å². The van der Waals surface area contributed by atoms with Crippen molar-refractivity contribution in [2.75, 3.05) is 0 Å². The minimum Gasteiger partial charge on any atom is -0.298 e. The molecular formula is C9H9ClN4O2. The van der Waals surface area contributed by atoms with E-state index in [1.54, 1.807) is 24.0 Å². The first kappa shape index (κ1) is 10.7. The Labute approximate surface area is 95.1 Å². The monoisotopic (exact) mass is 240 g/mol. The summed E-state index contributed by atoms with van der Waals surface area (Å²) >= 11 is 5.54. The van der Waals surface area contributed by atoms with Crippen molar-refractivity contribution in [3.8, 4) is 0 Å². The minimum atomic E-state index is -0.539. The first-order chi connectivity index (χ1) is 7.56. The Morgan fingerprint density at radius 1 is 1.50 bits per heavy atom. The van der Waals surface area contributed by atoms with Gasteiger partial charge in [0.2, 0.25) is 0 Å². The molecule has 2 aromatic heterocycles. The highest BCUT2D eigenvalue weighted by Crippen LogP contribution is 1.97. The van der Waals surface area contributed by atoms with E-state index in [1.165, 1.54) is 0 Å². The van der Waals surface area contributed by atoms with Crippen LogP contribution in [0.4, 0.5) is 0 Å². The number of nitrogens with one attached hydrogen (secondary N) is 1. The molecule has 6 nitrogen and oxygen atoms in total. The standard InChI is InChI=1S/C9H9ClN4O2/c1-13-3-2-6(12-13)5-14-8(15)4-7(10)11-9(14)16/h2-4H,5H2,1H3,(H,11,16). The predicted molar refractivity (Wildman–Crippen MR) is 58.6 cm³/mol. The fraction of sp³-hybridized carbons (Fsp3) is 0.222. The molecule has 0 atom stereocenters. The molecule has 0 bridgehead atoms. The highest BCUT2D eigenvalue weighted by Gasteiger charge is 2.05. The summed E-state index contributed by atoms with van der Waals surface area (Å²) in [6.45, 7) is 0.131. The van der Waals surface area contributed by atoms with Gasteiger partial charge in [-0.2, -0.15) is 5.10 Å². The van der Waals surface area contributed by atoms with Crippen molar-refractivity contribution in [2.24, 2.45) is 7.05 Å². The lowest BCUT2D eigenvalue weighted by molar-refractivity contribution is 0.660. The van der Waals surface area contributed by atoms with E-state index in [-0.39, 0.29) is 11.7 Å². The molecule has 2 aromatic rings. The molecule has 0 aromatic carbocycles. The van der Waals surface area contributed by atoms with Gasteiger partial charge in [0, 0.05) is 19.3 Å². The number of hydrogen-bond acceptors (Lipinski definition) is 3. The number of hydrogen-bond donors (Lipinski definition) is 1. The number of halogens is 1. The molecule has 7 heteroatoms. The molecule has 84 valence electrons. The normalized spacial score (nSPS) is 10.6. The van der Waals surface area contributed by atoms with Gasteiger partial charge in [-0.3, -0.25) is 19.0 Å². The highest BCUT2D eigenvalue weighted by atomic mass is 35.5. The van der Waals surface area contributed by atoms with E-state index in [0.717, 1.165) is 10.6 Å². The number of rotatable bonds is 2. The lowest BCUT2D eigenvalue weighted by atomic mass is 10.4. The lowest BCUT2D eigenvalue weighted by Crippen LogP contribution is -2.34. The fourth-order valence-electron chi connectivity index (χ4n) is 1.35. The molecule has 0 saturated heterocycles. The summed E-state index contributed by atoms with van der Waals surface area (Å²) in [4.78, 5) is 25.3. The van der Waals surface area contributed by atoms with Gasteiger partial charge in [-0.1, -0.05) is 11.6 Å². The fourth-order valence-corrected chi connectivity index (χ4v) is 1.53. The van der Waals surface area contributed by atoms with E-state index in [9.17, 15) is 9.59 Å². The molecule has 0 spiro atoms. The molecule has 0 amide bonds. The average molecular weight is 241 g/mol. The summed E-state index contributed by atoms with van der Waals surface area (Å²) < 4.78 is 2.64. The van der Waals surface area contributed by atoms with Crippen molar-refractivity contribution in [1.29, 1.82) is 0 Å². The van der Waals surface area contributed by atoms with Crippen molar-refractivity contribution in [3.05, 3.63) is 50.0 Å². The second-order valence-corrected chi connectivity index (χ2v) is 3.73. The highest BCUT2D eigenvalue weighted by molar-refractivity contribution is 6.29. The van der Waals surface area contributed by atoms with Crippen LogP contribution in [-0.2, 0) is 13.6 Å². The van der Waals surface area contributed by atoms with Crippen molar-refractivity contribution < 1.29 is 0 Å². The van der Waals surface area contributed by atoms with E-state index in [0.29, 0.717) is 5.69 Å². The summed E-state index contributed by atoms with van der Waals surface area (Å²) in [5, 5.41) is 4.12. The van der Waals surface area contributed by atoms with Gasteiger partial charge in [0.05, 0.1) is 12.2 Å². The Bertz CT molecular complexity index is 594. The van der Waals surface area contributed by atoms with Gasteiger partial charge < -0.3 is 0 Å². The van der Waals surface area contributed by atoms with Crippen LogP contribution in [0.1, 0.15) is 5.69 Å². The van der Waals surface area contributed by atoms with Crippen LogP contribution in [0.2, 0.25) is 5.15 Å². The maximum atomic E-state index is 11.5. The van der Waals surface area contributed by atoms with Crippen molar-refractivity contribution >= 4 is 11.6 Å². The Morgan fingerprint density at radius 3 is 2.81 bits per heavy atom. The topological polar surface area (TPSA) is 72.7 Å². The predicted octanol–water partition coefficient (Wildman–Crippen LogP) is -0.0282. The van der Waals surface area contributed by atoms with Crippen LogP contribution in [0, 0.1) is 0 Å².